The van der Waals surface area contributed by atoms with E-state index < -0.39 is 0 Å². The largest absolute Gasteiger partial charge is 0.336 e. The van der Waals surface area contributed by atoms with Crippen LogP contribution in [0.4, 0.5) is 0 Å². The summed E-state index contributed by atoms with van der Waals surface area (Å²) in [7, 11) is 0. The van der Waals surface area contributed by atoms with Crippen molar-refractivity contribution in [1.29, 1.82) is 0 Å². The monoisotopic (exact) mass is 481 g/mol. The number of benzene rings is 3. The maximum atomic E-state index is 13.8. The molecule has 0 atom stereocenters. The average molecular weight is 482 g/mol. The summed E-state index contributed by atoms with van der Waals surface area (Å²) in [5, 5.41) is 1.58. The Labute approximate surface area is 211 Å². The first kappa shape index (κ1) is 23.3. The highest BCUT2D eigenvalue weighted by atomic mass is 35.5. The molecule has 1 saturated heterocycles. The molecule has 4 nitrogen and oxygen atoms in total. The van der Waals surface area contributed by atoms with Crippen molar-refractivity contribution in [2.24, 2.45) is 0 Å². The Bertz CT molecular complexity index is 1360. The minimum atomic E-state index is 0.0794. The lowest BCUT2D eigenvalue weighted by atomic mass is 9.96. The van der Waals surface area contributed by atoms with Gasteiger partial charge < -0.3 is 4.90 Å². The number of pyridine rings is 1. The molecule has 35 heavy (non-hydrogen) atoms. The predicted molar refractivity (Wildman–Crippen MR) is 145 cm³/mol. The van der Waals surface area contributed by atoms with E-state index in [1.165, 1.54) is 5.56 Å². The van der Waals surface area contributed by atoms with Crippen molar-refractivity contribution >= 4 is 34.5 Å². The van der Waals surface area contributed by atoms with Crippen LogP contribution in [-0.4, -0.2) is 53.4 Å². The topological polar surface area (TPSA) is 36.4 Å². The van der Waals surface area contributed by atoms with E-state index >= 15 is 0 Å². The highest BCUT2D eigenvalue weighted by molar-refractivity contribution is 6.30. The van der Waals surface area contributed by atoms with Gasteiger partial charge in [-0.3, -0.25) is 9.69 Å². The molecule has 0 spiro atoms. The van der Waals surface area contributed by atoms with Gasteiger partial charge in [0.05, 0.1) is 16.8 Å². The summed E-state index contributed by atoms with van der Waals surface area (Å²) >= 11 is 6.10. The second-order valence-corrected chi connectivity index (χ2v) is 9.33. The smallest absolute Gasteiger partial charge is 0.254 e. The number of para-hydroxylation sites is 1. The molecule has 1 aromatic heterocycles. The van der Waals surface area contributed by atoms with Gasteiger partial charge in [0, 0.05) is 48.7 Å². The van der Waals surface area contributed by atoms with E-state index in [2.05, 4.69) is 29.2 Å². The fourth-order valence-electron chi connectivity index (χ4n) is 4.67. The zero-order valence-electron chi connectivity index (χ0n) is 19.8. The van der Waals surface area contributed by atoms with Crippen LogP contribution in [0.2, 0.25) is 5.02 Å². The van der Waals surface area contributed by atoms with Gasteiger partial charge in [-0.1, -0.05) is 84.4 Å². The Morgan fingerprint density at radius 1 is 0.914 bits per heavy atom. The van der Waals surface area contributed by atoms with Gasteiger partial charge in [0.1, 0.15) is 0 Å². The Morgan fingerprint density at radius 3 is 2.34 bits per heavy atom. The number of carbonyl (C=O) groups excluding carboxylic acids is 1. The highest BCUT2D eigenvalue weighted by Gasteiger charge is 2.26. The molecule has 176 valence electrons. The van der Waals surface area contributed by atoms with Gasteiger partial charge in [-0.2, -0.15) is 0 Å². The fraction of sp³-hybridized carbons (Fsp3) is 0.200. The summed E-state index contributed by atoms with van der Waals surface area (Å²) in [6.45, 7) is 6.03. The van der Waals surface area contributed by atoms with Crippen LogP contribution in [0.25, 0.3) is 28.2 Å². The molecule has 1 fully saturated rings. The third kappa shape index (κ3) is 5.14. The van der Waals surface area contributed by atoms with E-state index in [1.807, 2.05) is 78.6 Å². The number of rotatable bonds is 5. The standard InChI is InChI=1S/C30H28ClN3O/c1-22-28(26-11-5-6-12-27(26)32-29(22)24-13-15-25(31)16-14-24)30(35)34-20-18-33(19-21-34)17-7-10-23-8-3-2-4-9-23/h2-16H,17-21H2,1H3. The number of hydrogen-bond acceptors (Lipinski definition) is 3. The van der Waals surface area contributed by atoms with Crippen LogP contribution in [-0.2, 0) is 0 Å². The van der Waals surface area contributed by atoms with Crippen LogP contribution >= 0.6 is 11.6 Å². The first-order valence-electron chi connectivity index (χ1n) is 12.0. The molecular formula is C30H28ClN3O. The Morgan fingerprint density at radius 2 is 1.60 bits per heavy atom. The molecule has 0 saturated carbocycles. The fourth-order valence-corrected chi connectivity index (χ4v) is 4.79. The van der Waals surface area contributed by atoms with E-state index in [-0.39, 0.29) is 5.91 Å². The number of piperazine rings is 1. The van der Waals surface area contributed by atoms with E-state index in [9.17, 15) is 4.79 Å². The Hall–Kier alpha value is -3.47. The molecule has 4 aromatic rings. The molecule has 1 amide bonds. The number of hydrogen-bond donors (Lipinski definition) is 0. The maximum Gasteiger partial charge on any atom is 0.254 e. The van der Waals surface area contributed by atoms with Gasteiger partial charge in [-0.05, 0) is 36.2 Å². The quantitative estimate of drug-likeness (QED) is 0.334. The highest BCUT2D eigenvalue weighted by Crippen LogP contribution is 2.31. The van der Waals surface area contributed by atoms with Gasteiger partial charge in [0.15, 0.2) is 0 Å². The van der Waals surface area contributed by atoms with Crippen molar-refractivity contribution in [2.75, 3.05) is 32.7 Å². The minimum absolute atomic E-state index is 0.0794. The predicted octanol–water partition coefficient (Wildman–Crippen LogP) is 6.33. The molecular weight excluding hydrogens is 454 g/mol. The third-order valence-corrected chi connectivity index (χ3v) is 6.85. The third-order valence-electron chi connectivity index (χ3n) is 6.60. The number of fused-ring (bicyclic) bond motifs is 1. The molecule has 5 heteroatoms. The molecule has 1 aliphatic heterocycles. The minimum Gasteiger partial charge on any atom is -0.336 e. The number of amides is 1. The molecule has 0 aliphatic carbocycles. The van der Waals surface area contributed by atoms with Gasteiger partial charge in [-0.15, -0.1) is 0 Å². The van der Waals surface area contributed by atoms with E-state index in [0.717, 1.165) is 52.9 Å². The van der Waals surface area contributed by atoms with E-state index in [1.54, 1.807) is 0 Å². The second kappa shape index (κ2) is 10.4. The summed E-state index contributed by atoms with van der Waals surface area (Å²) in [5.41, 5.74) is 5.48. The van der Waals surface area contributed by atoms with Crippen molar-refractivity contribution in [1.82, 2.24) is 14.8 Å². The van der Waals surface area contributed by atoms with Crippen molar-refractivity contribution in [3.63, 3.8) is 0 Å². The molecule has 0 radical (unpaired) electrons. The lowest BCUT2D eigenvalue weighted by molar-refractivity contribution is 0.0651. The SMILES string of the molecule is Cc1c(-c2ccc(Cl)cc2)nc2ccccc2c1C(=O)N1CCN(CC=Cc2ccccc2)CC1. The van der Waals surface area contributed by atoms with Crippen LogP contribution < -0.4 is 0 Å². The summed E-state index contributed by atoms with van der Waals surface area (Å²) in [4.78, 5) is 23.1. The average Bonchev–Trinajstić information content (AvgIpc) is 2.90. The zero-order valence-corrected chi connectivity index (χ0v) is 20.6. The molecule has 2 heterocycles. The lowest BCUT2D eigenvalue weighted by Crippen LogP contribution is -2.48. The van der Waals surface area contributed by atoms with Crippen LogP contribution in [0.5, 0.6) is 0 Å². The van der Waals surface area contributed by atoms with Crippen molar-refractivity contribution in [3.05, 3.63) is 107 Å². The Balaban J connectivity index is 1.36. The van der Waals surface area contributed by atoms with Gasteiger partial charge in [-0.25, -0.2) is 4.98 Å². The number of halogens is 1. The van der Waals surface area contributed by atoms with E-state index in [4.69, 9.17) is 16.6 Å². The molecule has 0 bridgehead atoms. The molecule has 0 N–H and O–H groups in total. The van der Waals surface area contributed by atoms with Gasteiger partial charge >= 0.3 is 0 Å². The first-order valence-corrected chi connectivity index (χ1v) is 12.4. The maximum absolute atomic E-state index is 13.8. The summed E-state index contributed by atoms with van der Waals surface area (Å²) in [6.07, 6.45) is 4.36. The van der Waals surface area contributed by atoms with Crippen molar-refractivity contribution in [2.45, 2.75) is 6.92 Å². The number of carbonyl (C=O) groups is 1. The van der Waals surface area contributed by atoms with Crippen LogP contribution in [0.1, 0.15) is 21.5 Å². The van der Waals surface area contributed by atoms with Crippen LogP contribution in [0.15, 0.2) is 84.9 Å². The van der Waals surface area contributed by atoms with Crippen molar-refractivity contribution < 1.29 is 4.79 Å². The van der Waals surface area contributed by atoms with Gasteiger partial charge in [0.2, 0.25) is 0 Å². The number of aromatic nitrogens is 1. The summed E-state index contributed by atoms with van der Waals surface area (Å²) in [6, 6.07) is 25.9. The Kier molecular flexibility index (Phi) is 6.94. The normalized spacial score (nSPS) is 14.6. The lowest BCUT2D eigenvalue weighted by Gasteiger charge is -2.34. The van der Waals surface area contributed by atoms with Gasteiger partial charge in [0.25, 0.3) is 5.91 Å². The van der Waals surface area contributed by atoms with Crippen LogP contribution in [0.3, 0.4) is 0 Å². The van der Waals surface area contributed by atoms with E-state index in [0.29, 0.717) is 18.1 Å². The molecule has 5 rings (SSSR count). The summed E-state index contributed by atoms with van der Waals surface area (Å²) in [5.74, 6) is 0.0794. The summed E-state index contributed by atoms with van der Waals surface area (Å²) < 4.78 is 0. The zero-order chi connectivity index (χ0) is 24.2. The van der Waals surface area contributed by atoms with Crippen LogP contribution in [0, 0.1) is 6.92 Å². The van der Waals surface area contributed by atoms with Crippen molar-refractivity contribution in [3.8, 4) is 11.3 Å². The molecule has 1 aliphatic rings. The molecule has 3 aromatic carbocycles. The number of nitrogens with zero attached hydrogens (tertiary/aromatic N) is 3. The molecule has 0 unspecified atom stereocenters. The first-order chi connectivity index (χ1) is 17.1. The second-order valence-electron chi connectivity index (χ2n) is 8.89.